The van der Waals surface area contributed by atoms with E-state index >= 15 is 0 Å². The van der Waals surface area contributed by atoms with Crippen LogP contribution in [0.2, 0.25) is 0 Å². The maximum Gasteiger partial charge on any atom is 0.253 e. The van der Waals surface area contributed by atoms with Crippen molar-refractivity contribution in [3.8, 4) is 0 Å². The topological polar surface area (TPSA) is 82.9 Å². The molecule has 0 spiro atoms. The molecule has 1 aliphatic heterocycles. The van der Waals surface area contributed by atoms with Crippen LogP contribution in [0.4, 0.5) is 10.1 Å². The molecule has 4 aromatic rings. The number of nitrogens with one attached hydrogen (secondary N) is 1. The van der Waals surface area contributed by atoms with Crippen molar-refractivity contribution >= 4 is 16.6 Å². The molecule has 36 heavy (non-hydrogen) atoms. The maximum absolute atomic E-state index is 13.5. The number of nitrogens with zero attached hydrogens (tertiary/aromatic N) is 6. The van der Waals surface area contributed by atoms with Crippen LogP contribution in [0.1, 0.15) is 49.3 Å². The number of rotatable bonds is 4. The molecule has 1 N–H and O–H groups in total. The number of hydrogen-bond donors (Lipinski definition) is 1. The zero-order chi connectivity index (χ0) is 25.6. The van der Waals surface area contributed by atoms with Gasteiger partial charge in [-0.1, -0.05) is 12.1 Å². The number of aryl methyl sites for hydroxylation is 2. The van der Waals surface area contributed by atoms with Crippen LogP contribution in [-0.2, 0) is 5.54 Å². The number of aromatic amines is 1. The predicted octanol–water partition coefficient (Wildman–Crippen LogP) is 3.94. The highest BCUT2D eigenvalue weighted by molar-refractivity contribution is 5.85. The molecule has 0 radical (unpaired) electrons. The number of H-pyrrole nitrogens is 1. The average molecular weight is 490 g/mol. The van der Waals surface area contributed by atoms with Gasteiger partial charge < -0.3 is 9.88 Å². The highest BCUT2D eigenvalue weighted by atomic mass is 19.1. The zero-order valence-electron chi connectivity index (χ0n) is 21.4. The van der Waals surface area contributed by atoms with E-state index in [2.05, 4.69) is 64.1 Å². The third-order valence-corrected chi connectivity index (χ3v) is 7.01. The minimum Gasteiger partial charge on any atom is -0.369 e. The molecule has 8 nitrogen and oxygen atoms in total. The van der Waals surface area contributed by atoms with E-state index in [9.17, 15) is 9.18 Å². The van der Waals surface area contributed by atoms with Crippen molar-refractivity contribution in [3.05, 3.63) is 81.2 Å². The molecule has 0 amide bonds. The fraction of sp³-hybridized carbons (Fsp3) is 0.407. The van der Waals surface area contributed by atoms with E-state index in [0.717, 1.165) is 40.8 Å². The number of halogens is 1. The lowest BCUT2D eigenvalue weighted by Gasteiger charge is -2.40. The molecule has 1 unspecified atom stereocenters. The second-order valence-corrected chi connectivity index (χ2v) is 10.6. The van der Waals surface area contributed by atoms with Crippen LogP contribution < -0.4 is 10.5 Å². The molecular formula is C27H32FN7O. The molecule has 0 saturated carbocycles. The molecule has 1 fully saturated rings. The Morgan fingerprint density at radius 1 is 0.972 bits per heavy atom. The van der Waals surface area contributed by atoms with Gasteiger partial charge in [-0.15, -0.1) is 5.10 Å². The first-order chi connectivity index (χ1) is 17.1. The number of aromatic nitrogens is 5. The second kappa shape index (κ2) is 9.13. The molecule has 1 atom stereocenters. The van der Waals surface area contributed by atoms with Gasteiger partial charge in [0.05, 0.1) is 11.1 Å². The van der Waals surface area contributed by atoms with E-state index in [0.29, 0.717) is 24.5 Å². The summed E-state index contributed by atoms with van der Waals surface area (Å²) in [6, 6.07) is 12.3. The summed E-state index contributed by atoms with van der Waals surface area (Å²) in [4.78, 5) is 21.2. The van der Waals surface area contributed by atoms with E-state index in [1.165, 1.54) is 12.1 Å². The van der Waals surface area contributed by atoms with Crippen molar-refractivity contribution in [1.82, 2.24) is 30.1 Å². The van der Waals surface area contributed by atoms with Crippen molar-refractivity contribution in [2.75, 3.05) is 31.1 Å². The van der Waals surface area contributed by atoms with Gasteiger partial charge in [0.2, 0.25) is 0 Å². The Labute approximate surface area is 209 Å². The first-order valence-electron chi connectivity index (χ1n) is 12.3. The summed E-state index contributed by atoms with van der Waals surface area (Å²) in [5.41, 5.74) is 4.12. The lowest BCUT2D eigenvalue weighted by Crippen LogP contribution is -2.49. The standard InChI is InChI=1S/C27H32FN7O/c1-17-6-7-18(2)23-21(17)16-22(26(36)29-23)24(25-30-31-32-35(25)27(3,4)5)34-14-12-33(13-15-34)20-10-8-19(28)9-11-20/h6-11,16,24H,12-15H2,1-5H3,(H,29,36). The molecule has 3 heterocycles. The van der Waals surface area contributed by atoms with E-state index in [1.807, 2.05) is 35.9 Å². The summed E-state index contributed by atoms with van der Waals surface area (Å²) < 4.78 is 15.2. The SMILES string of the molecule is Cc1ccc(C)c2[nH]c(=O)c(C(c3nnnn3C(C)(C)C)N3CCN(c4ccc(F)cc4)CC3)cc12. The summed E-state index contributed by atoms with van der Waals surface area (Å²) >= 11 is 0. The van der Waals surface area contributed by atoms with Crippen LogP contribution in [0, 0.1) is 19.7 Å². The number of anilines is 1. The van der Waals surface area contributed by atoms with Gasteiger partial charge in [-0.25, -0.2) is 9.07 Å². The third kappa shape index (κ3) is 4.39. The van der Waals surface area contributed by atoms with Crippen molar-refractivity contribution < 1.29 is 4.39 Å². The number of fused-ring (bicyclic) bond motifs is 1. The Morgan fingerprint density at radius 2 is 1.64 bits per heavy atom. The molecule has 0 aliphatic carbocycles. The average Bonchev–Trinajstić information content (AvgIpc) is 3.34. The minimum absolute atomic E-state index is 0.134. The lowest BCUT2D eigenvalue weighted by molar-refractivity contribution is 0.190. The van der Waals surface area contributed by atoms with E-state index in [1.54, 1.807) is 0 Å². The van der Waals surface area contributed by atoms with Gasteiger partial charge in [0.25, 0.3) is 5.56 Å². The second-order valence-electron chi connectivity index (χ2n) is 10.6. The molecule has 1 saturated heterocycles. The number of benzene rings is 2. The van der Waals surface area contributed by atoms with Crippen LogP contribution in [-0.4, -0.2) is 56.3 Å². The van der Waals surface area contributed by atoms with Gasteiger partial charge in [-0.2, -0.15) is 0 Å². The Hall–Kier alpha value is -3.59. The molecule has 5 rings (SSSR count). The van der Waals surface area contributed by atoms with Crippen molar-refractivity contribution in [2.24, 2.45) is 0 Å². The Morgan fingerprint density at radius 3 is 2.31 bits per heavy atom. The van der Waals surface area contributed by atoms with Gasteiger partial charge in [-0.3, -0.25) is 9.69 Å². The quantitative estimate of drug-likeness (QED) is 0.468. The van der Waals surface area contributed by atoms with E-state index in [4.69, 9.17) is 0 Å². The van der Waals surface area contributed by atoms with Crippen LogP contribution in [0.5, 0.6) is 0 Å². The molecule has 9 heteroatoms. The highest BCUT2D eigenvalue weighted by Gasteiger charge is 2.35. The third-order valence-electron chi connectivity index (χ3n) is 7.01. The normalized spacial score (nSPS) is 16.0. The zero-order valence-corrected chi connectivity index (χ0v) is 21.4. The molecular weight excluding hydrogens is 457 g/mol. The fourth-order valence-corrected chi connectivity index (χ4v) is 5.03. The highest BCUT2D eigenvalue weighted by Crippen LogP contribution is 2.32. The Balaban J connectivity index is 1.58. The number of hydrogen-bond acceptors (Lipinski definition) is 6. The molecule has 2 aromatic heterocycles. The van der Waals surface area contributed by atoms with Gasteiger partial charge >= 0.3 is 0 Å². The molecule has 188 valence electrons. The summed E-state index contributed by atoms with van der Waals surface area (Å²) in [6.45, 7) is 13.1. The number of pyridine rings is 1. The van der Waals surface area contributed by atoms with Crippen molar-refractivity contribution in [1.29, 1.82) is 0 Å². The first kappa shape index (κ1) is 24.1. The number of tetrazole rings is 1. The predicted molar refractivity (Wildman–Crippen MR) is 139 cm³/mol. The Kier molecular flexibility index (Phi) is 6.12. The summed E-state index contributed by atoms with van der Waals surface area (Å²) in [6.07, 6.45) is 0. The molecule has 2 aromatic carbocycles. The smallest absolute Gasteiger partial charge is 0.253 e. The summed E-state index contributed by atoms with van der Waals surface area (Å²) in [7, 11) is 0. The van der Waals surface area contributed by atoms with Crippen LogP contribution in [0.3, 0.4) is 0 Å². The van der Waals surface area contributed by atoms with E-state index < -0.39 is 6.04 Å². The van der Waals surface area contributed by atoms with Gasteiger partial charge in [0, 0.05) is 42.8 Å². The van der Waals surface area contributed by atoms with Gasteiger partial charge in [-0.05, 0) is 86.5 Å². The van der Waals surface area contributed by atoms with Gasteiger partial charge in [0.15, 0.2) is 5.82 Å². The monoisotopic (exact) mass is 489 g/mol. The maximum atomic E-state index is 13.5. The fourth-order valence-electron chi connectivity index (χ4n) is 5.03. The number of piperazine rings is 1. The van der Waals surface area contributed by atoms with Crippen LogP contribution in [0.15, 0.2) is 47.3 Å². The van der Waals surface area contributed by atoms with Gasteiger partial charge in [0.1, 0.15) is 11.9 Å². The van der Waals surface area contributed by atoms with Crippen molar-refractivity contribution in [3.63, 3.8) is 0 Å². The van der Waals surface area contributed by atoms with E-state index in [-0.39, 0.29) is 16.9 Å². The van der Waals surface area contributed by atoms with Crippen LogP contribution >= 0.6 is 0 Å². The minimum atomic E-state index is -0.414. The molecule has 0 bridgehead atoms. The van der Waals surface area contributed by atoms with Crippen LogP contribution in [0.25, 0.3) is 10.9 Å². The van der Waals surface area contributed by atoms with Crippen molar-refractivity contribution in [2.45, 2.75) is 46.2 Å². The summed E-state index contributed by atoms with van der Waals surface area (Å²) in [5, 5.41) is 13.8. The molecule has 1 aliphatic rings. The Bertz CT molecular complexity index is 1440. The summed E-state index contributed by atoms with van der Waals surface area (Å²) in [5.74, 6) is 0.403. The largest absolute Gasteiger partial charge is 0.369 e. The lowest BCUT2D eigenvalue weighted by atomic mass is 9.98. The first-order valence-corrected chi connectivity index (χ1v) is 12.3.